The highest BCUT2D eigenvalue weighted by molar-refractivity contribution is 6.31. The van der Waals surface area contributed by atoms with Crippen LogP contribution in [0.4, 0.5) is 10.1 Å². The van der Waals surface area contributed by atoms with Crippen molar-refractivity contribution in [3.05, 3.63) is 83.1 Å². The lowest BCUT2D eigenvalue weighted by Crippen LogP contribution is -2.41. The molecule has 1 N–H and O–H groups in total. The number of nitrogens with one attached hydrogen (secondary N) is 1. The molecule has 2 amide bonds. The highest BCUT2D eigenvalue weighted by atomic mass is 35.5. The molecule has 0 radical (unpaired) electrons. The van der Waals surface area contributed by atoms with Crippen molar-refractivity contribution in [2.45, 2.75) is 12.8 Å². The second kappa shape index (κ2) is 10.6. The maximum absolute atomic E-state index is 13.5. The summed E-state index contributed by atoms with van der Waals surface area (Å²) in [4.78, 5) is 27.6. The number of hydrogen-bond donors (Lipinski definition) is 1. The number of anilines is 1. The zero-order chi connectivity index (χ0) is 24.1. The molecule has 6 nitrogen and oxygen atoms in total. The van der Waals surface area contributed by atoms with E-state index in [-0.39, 0.29) is 17.7 Å². The molecule has 176 valence electrons. The molecule has 8 heteroatoms. The molecule has 0 atom stereocenters. The molecule has 0 bridgehead atoms. The van der Waals surface area contributed by atoms with Crippen molar-refractivity contribution >= 4 is 29.1 Å². The molecule has 3 aromatic rings. The van der Waals surface area contributed by atoms with Crippen LogP contribution in [-0.2, 0) is 4.79 Å². The van der Waals surface area contributed by atoms with Crippen LogP contribution >= 0.6 is 11.6 Å². The van der Waals surface area contributed by atoms with E-state index in [1.807, 2.05) is 0 Å². The second-order valence-electron chi connectivity index (χ2n) is 7.96. The van der Waals surface area contributed by atoms with E-state index in [1.54, 1.807) is 59.5 Å². The predicted molar refractivity (Wildman–Crippen MR) is 128 cm³/mol. The van der Waals surface area contributed by atoms with E-state index in [0.717, 1.165) is 0 Å². The topological polar surface area (TPSA) is 67.9 Å². The molecule has 0 spiro atoms. The molecule has 0 saturated carbocycles. The van der Waals surface area contributed by atoms with Gasteiger partial charge in [-0.2, -0.15) is 0 Å². The quantitative estimate of drug-likeness (QED) is 0.484. The number of para-hydroxylation sites is 2. The fraction of sp³-hybridized carbons (Fsp3) is 0.231. The molecule has 1 fully saturated rings. The van der Waals surface area contributed by atoms with Crippen LogP contribution in [-0.4, -0.2) is 36.9 Å². The molecule has 0 aromatic heterocycles. The third kappa shape index (κ3) is 5.48. The lowest BCUT2D eigenvalue weighted by atomic mass is 9.95. The van der Waals surface area contributed by atoms with Crippen LogP contribution in [0.2, 0.25) is 5.02 Å². The van der Waals surface area contributed by atoms with Crippen LogP contribution in [0.3, 0.4) is 0 Å². The van der Waals surface area contributed by atoms with E-state index in [4.69, 9.17) is 21.1 Å². The molecule has 4 rings (SSSR count). The normalized spacial score (nSPS) is 13.9. The lowest BCUT2D eigenvalue weighted by Gasteiger charge is -2.31. The summed E-state index contributed by atoms with van der Waals surface area (Å²) in [6.45, 7) is 0.877. The number of amides is 2. The van der Waals surface area contributed by atoms with E-state index in [0.29, 0.717) is 59.5 Å². The Morgan fingerprint density at radius 3 is 2.50 bits per heavy atom. The van der Waals surface area contributed by atoms with Gasteiger partial charge in [0.25, 0.3) is 5.91 Å². The Morgan fingerprint density at radius 1 is 1.00 bits per heavy atom. The average molecular weight is 483 g/mol. The third-order valence-electron chi connectivity index (χ3n) is 5.71. The largest absolute Gasteiger partial charge is 0.496 e. The minimum Gasteiger partial charge on any atom is -0.496 e. The Bertz CT molecular complexity index is 1190. The van der Waals surface area contributed by atoms with Crippen molar-refractivity contribution in [3.8, 4) is 17.2 Å². The number of likely N-dealkylation sites (tertiary alicyclic amines) is 1. The van der Waals surface area contributed by atoms with Gasteiger partial charge in [0.2, 0.25) is 5.91 Å². The molecule has 3 aromatic carbocycles. The zero-order valence-corrected chi connectivity index (χ0v) is 19.3. The number of carbonyl (C=O) groups excluding carboxylic acids is 2. The number of methoxy groups -OCH3 is 1. The number of ether oxygens (including phenoxy) is 2. The van der Waals surface area contributed by atoms with Crippen molar-refractivity contribution in [2.75, 3.05) is 25.5 Å². The van der Waals surface area contributed by atoms with Gasteiger partial charge in [0, 0.05) is 30.1 Å². The monoisotopic (exact) mass is 482 g/mol. The molecule has 0 unspecified atom stereocenters. The summed E-state index contributed by atoms with van der Waals surface area (Å²) in [6.07, 6.45) is 1.04. The first-order valence-corrected chi connectivity index (χ1v) is 11.3. The molecular weight excluding hydrogens is 459 g/mol. The van der Waals surface area contributed by atoms with Crippen LogP contribution in [0, 0.1) is 11.7 Å². The van der Waals surface area contributed by atoms with Gasteiger partial charge in [0.05, 0.1) is 18.4 Å². The Labute approximate surface area is 202 Å². The number of hydrogen-bond acceptors (Lipinski definition) is 4. The standard InChI is InChI=1S/C26H24ClFN2O4/c1-33-23-10-9-18(27)15-21(23)26(32)30-13-11-17(12-14-30)25(31)29-22-7-2-3-8-24(22)34-20-6-4-5-19(28)16-20/h2-10,15-17H,11-14H2,1H3,(H,29,31). The summed E-state index contributed by atoms with van der Waals surface area (Å²) in [6, 6.07) is 17.7. The summed E-state index contributed by atoms with van der Waals surface area (Å²) >= 11 is 6.06. The highest BCUT2D eigenvalue weighted by Crippen LogP contribution is 2.31. The van der Waals surface area contributed by atoms with Gasteiger partial charge in [-0.1, -0.05) is 29.8 Å². The van der Waals surface area contributed by atoms with Crippen molar-refractivity contribution in [2.24, 2.45) is 5.92 Å². The first-order valence-electron chi connectivity index (χ1n) is 10.9. The van der Waals surface area contributed by atoms with Crippen molar-refractivity contribution in [1.82, 2.24) is 4.90 Å². The van der Waals surface area contributed by atoms with E-state index in [2.05, 4.69) is 5.32 Å². The SMILES string of the molecule is COc1ccc(Cl)cc1C(=O)N1CCC(C(=O)Nc2ccccc2Oc2cccc(F)c2)CC1. The van der Waals surface area contributed by atoms with Gasteiger partial charge in [0.1, 0.15) is 17.3 Å². The molecule has 1 aliphatic rings. The van der Waals surface area contributed by atoms with E-state index >= 15 is 0 Å². The number of nitrogens with zero attached hydrogens (tertiary/aromatic N) is 1. The van der Waals surface area contributed by atoms with Crippen LogP contribution in [0.15, 0.2) is 66.7 Å². The fourth-order valence-corrected chi connectivity index (χ4v) is 4.09. The average Bonchev–Trinajstić information content (AvgIpc) is 2.85. The predicted octanol–water partition coefficient (Wildman–Crippen LogP) is 5.77. The minimum absolute atomic E-state index is 0.150. The van der Waals surface area contributed by atoms with Gasteiger partial charge in [-0.3, -0.25) is 9.59 Å². The van der Waals surface area contributed by atoms with E-state index in [9.17, 15) is 14.0 Å². The third-order valence-corrected chi connectivity index (χ3v) is 5.95. The minimum atomic E-state index is -0.407. The summed E-state index contributed by atoms with van der Waals surface area (Å²) in [5, 5.41) is 3.37. The molecule has 34 heavy (non-hydrogen) atoms. The van der Waals surface area contributed by atoms with Crippen LogP contribution in [0.5, 0.6) is 17.2 Å². The molecule has 0 aliphatic carbocycles. The van der Waals surface area contributed by atoms with Gasteiger partial charge >= 0.3 is 0 Å². The van der Waals surface area contributed by atoms with Crippen LogP contribution in [0.25, 0.3) is 0 Å². The summed E-state index contributed by atoms with van der Waals surface area (Å²) in [7, 11) is 1.51. The molecule has 1 heterocycles. The maximum Gasteiger partial charge on any atom is 0.257 e. The number of carbonyl (C=O) groups is 2. The van der Waals surface area contributed by atoms with Gasteiger partial charge < -0.3 is 19.7 Å². The van der Waals surface area contributed by atoms with Crippen molar-refractivity contribution in [3.63, 3.8) is 0 Å². The smallest absolute Gasteiger partial charge is 0.257 e. The lowest BCUT2D eigenvalue weighted by molar-refractivity contribution is -0.121. The van der Waals surface area contributed by atoms with Crippen molar-refractivity contribution in [1.29, 1.82) is 0 Å². The Kier molecular flexibility index (Phi) is 7.33. The van der Waals surface area contributed by atoms with Gasteiger partial charge in [-0.05, 0) is 55.3 Å². The number of benzene rings is 3. The van der Waals surface area contributed by atoms with Gasteiger partial charge in [0.15, 0.2) is 5.75 Å². The van der Waals surface area contributed by atoms with Gasteiger partial charge in [-0.25, -0.2) is 4.39 Å². The summed E-state index contributed by atoms with van der Waals surface area (Å²) in [5.41, 5.74) is 0.903. The summed E-state index contributed by atoms with van der Waals surface area (Å²) < 4.78 is 24.6. The fourth-order valence-electron chi connectivity index (χ4n) is 3.91. The number of rotatable bonds is 6. The van der Waals surface area contributed by atoms with E-state index < -0.39 is 5.82 Å². The Morgan fingerprint density at radius 2 is 1.76 bits per heavy atom. The zero-order valence-electron chi connectivity index (χ0n) is 18.6. The summed E-state index contributed by atoms with van der Waals surface area (Å²) in [5.74, 6) is 0.231. The number of halogens is 2. The van der Waals surface area contributed by atoms with Crippen LogP contribution < -0.4 is 14.8 Å². The Balaban J connectivity index is 1.38. The molecule has 1 aliphatic heterocycles. The molecular formula is C26H24ClFN2O4. The first-order chi connectivity index (χ1) is 16.4. The van der Waals surface area contributed by atoms with Crippen LogP contribution in [0.1, 0.15) is 23.2 Å². The maximum atomic E-state index is 13.5. The van der Waals surface area contributed by atoms with Crippen molar-refractivity contribution < 1.29 is 23.5 Å². The Hall–Kier alpha value is -3.58. The molecule has 1 saturated heterocycles. The van der Waals surface area contributed by atoms with Gasteiger partial charge in [-0.15, -0.1) is 0 Å². The highest BCUT2D eigenvalue weighted by Gasteiger charge is 2.29. The number of piperidine rings is 1. The first kappa shape index (κ1) is 23.6. The van der Waals surface area contributed by atoms with E-state index in [1.165, 1.54) is 19.2 Å². The second-order valence-corrected chi connectivity index (χ2v) is 8.39.